The van der Waals surface area contributed by atoms with E-state index in [2.05, 4.69) is 24.0 Å². The van der Waals surface area contributed by atoms with Crippen LogP contribution >= 0.6 is 11.6 Å². The second kappa shape index (κ2) is 4.14. The van der Waals surface area contributed by atoms with Crippen LogP contribution in [0.25, 0.3) is 11.4 Å². The Hall–Kier alpha value is -1.55. The molecular weight excluding hydrogens is 224 g/mol. The van der Waals surface area contributed by atoms with E-state index in [4.69, 9.17) is 17.3 Å². The lowest BCUT2D eigenvalue weighted by Gasteiger charge is -2.11. The van der Waals surface area contributed by atoms with Crippen LogP contribution in [0.15, 0.2) is 24.5 Å². The molecule has 2 aromatic rings. The van der Waals surface area contributed by atoms with Gasteiger partial charge in [0.25, 0.3) is 0 Å². The first-order chi connectivity index (χ1) is 7.59. The van der Waals surface area contributed by atoms with Gasteiger partial charge in [-0.25, -0.2) is 0 Å². The van der Waals surface area contributed by atoms with E-state index in [0.717, 1.165) is 11.4 Å². The van der Waals surface area contributed by atoms with Gasteiger partial charge in [0.15, 0.2) is 5.82 Å². The summed E-state index contributed by atoms with van der Waals surface area (Å²) in [4.78, 5) is 0. The van der Waals surface area contributed by atoms with Crippen LogP contribution in [0.4, 0.5) is 5.69 Å². The molecule has 16 heavy (non-hydrogen) atoms. The Morgan fingerprint density at radius 3 is 2.75 bits per heavy atom. The molecule has 0 aliphatic heterocycles. The van der Waals surface area contributed by atoms with Gasteiger partial charge in [0.05, 0.1) is 0 Å². The molecular formula is C11H13ClN4. The molecule has 0 atom stereocenters. The van der Waals surface area contributed by atoms with E-state index >= 15 is 0 Å². The highest BCUT2D eigenvalue weighted by Crippen LogP contribution is 2.28. The Balaban J connectivity index is 2.54. The van der Waals surface area contributed by atoms with Crippen LogP contribution in [0, 0.1) is 0 Å². The summed E-state index contributed by atoms with van der Waals surface area (Å²) >= 11 is 5.86. The summed E-state index contributed by atoms with van der Waals surface area (Å²) in [7, 11) is 0. The summed E-state index contributed by atoms with van der Waals surface area (Å²) in [5.41, 5.74) is 7.39. The average Bonchev–Trinajstić information content (AvgIpc) is 2.66. The van der Waals surface area contributed by atoms with Crippen molar-refractivity contribution in [1.29, 1.82) is 0 Å². The van der Waals surface area contributed by atoms with Crippen LogP contribution in [-0.2, 0) is 0 Å². The molecule has 0 spiro atoms. The molecule has 0 unspecified atom stereocenters. The topological polar surface area (TPSA) is 56.7 Å². The summed E-state index contributed by atoms with van der Waals surface area (Å²) < 4.78 is 1.97. The van der Waals surface area contributed by atoms with E-state index in [1.54, 1.807) is 18.5 Å². The summed E-state index contributed by atoms with van der Waals surface area (Å²) in [6.07, 6.45) is 1.70. The third-order valence-corrected chi connectivity index (χ3v) is 2.62. The van der Waals surface area contributed by atoms with Gasteiger partial charge in [-0.05, 0) is 32.0 Å². The maximum absolute atomic E-state index is 5.92. The lowest BCUT2D eigenvalue weighted by molar-refractivity contribution is 0.604. The second-order valence-electron chi connectivity index (χ2n) is 3.89. The average molecular weight is 237 g/mol. The fourth-order valence-corrected chi connectivity index (χ4v) is 1.73. The molecule has 1 aromatic heterocycles. The monoisotopic (exact) mass is 236 g/mol. The van der Waals surface area contributed by atoms with Crippen molar-refractivity contribution in [2.75, 3.05) is 5.73 Å². The maximum Gasteiger partial charge on any atom is 0.166 e. The van der Waals surface area contributed by atoms with Gasteiger partial charge in [-0.15, -0.1) is 10.2 Å². The van der Waals surface area contributed by atoms with E-state index < -0.39 is 0 Å². The Morgan fingerprint density at radius 2 is 2.12 bits per heavy atom. The molecule has 2 N–H and O–H groups in total. The number of nitrogens with zero attached hydrogens (tertiary/aromatic N) is 3. The third kappa shape index (κ3) is 1.88. The van der Waals surface area contributed by atoms with Crippen LogP contribution < -0.4 is 5.73 Å². The minimum Gasteiger partial charge on any atom is -0.398 e. The highest BCUT2D eigenvalue weighted by molar-refractivity contribution is 6.31. The predicted octanol–water partition coefficient (Wildman–Crippen LogP) is 2.76. The fraction of sp³-hybridized carbons (Fsp3) is 0.273. The number of halogens is 1. The number of rotatable bonds is 2. The van der Waals surface area contributed by atoms with Crippen molar-refractivity contribution in [1.82, 2.24) is 14.8 Å². The SMILES string of the molecule is CC(C)n1cnnc1-c1ccc(Cl)cc1N. The van der Waals surface area contributed by atoms with Crippen molar-refractivity contribution >= 4 is 17.3 Å². The van der Waals surface area contributed by atoms with Crippen molar-refractivity contribution in [2.45, 2.75) is 19.9 Å². The standard InChI is InChI=1S/C11H13ClN4/c1-7(2)16-6-14-15-11(16)9-4-3-8(12)5-10(9)13/h3-7H,13H2,1-2H3. The highest BCUT2D eigenvalue weighted by atomic mass is 35.5. The zero-order valence-corrected chi connectivity index (χ0v) is 9.94. The lowest BCUT2D eigenvalue weighted by atomic mass is 10.1. The highest BCUT2D eigenvalue weighted by Gasteiger charge is 2.12. The smallest absolute Gasteiger partial charge is 0.166 e. The van der Waals surface area contributed by atoms with Gasteiger partial charge in [0.2, 0.25) is 0 Å². The maximum atomic E-state index is 5.92. The number of nitrogen functional groups attached to an aromatic ring is 1. The molecule has 0 aliphatic rings. The largest absolute Gasteiger partial charge is 0.398 e. The lowest BCUT2D eigenvalue weighted by Crippen LogP contribution is -2.03. The van der Waals surface area contributed by atoms with Gasteiger partial charge < -0.3 is 10.3 Å². The molecule has 1 aromatic carbocycles. The van der Waals surface area contributed by atoms with E-state index in [1.165, 1.54) is 0 Å². The zero-order valence-electron chi connectivity index (χ0n) is 9.18. The molecule has 1 heterocycles. The van der Waals surface area contributed by atoms with E-state index in [1.807, 2.05) is 10.6 Å². The second-order valence-corrected chi connectivity index (χ2v) is 4.32. The van der Waals surface area contributed by atoms with E-state index in [9.17, 15) is 0 Å². The molecule has 5 heteroatoms. The molecule has 0 saturated heterocycles. The molecule has 2 rings (SSSR count). The predicted molar refractivity (Wildman–Crippen MR) is 65.3 cm³/mol. The Bertz CT molecular complexity index is 504. The first-order valence-electron chi connectivity index (χ1n) is 5.04. The summed E-state index contributed by atoms with van der Waals surface area (Å²) in [6, 6.07) is 5.67. The number of hydrogen-bond acceptors (Lipinski definition) is 3. The van der Waals surface area contributed by atoms with Gasteiger partial charge in [0.1, 0.15) is 6.33 Å². The molecule has 4 nitrogen and oxygen atoms in total. The van der Waals surface area contributed by atoms with Crippen molar-refractivity contribution < 1.29 is 0 Å². The summed E-state index contributed by atoms with van der Waals surface area (Å²) in [5.74, 6) is 0.768. The Labute approximate surface area is 99.1 Å². The molecule has 0 radical (unpaired) electrons. The van der Waals surface area contributed by atoms with Gasteiger partial charge in [0, 0.05) is 22.3 Å². The Kier molecular flexibility index (Phi) is 2.83. The van der Waals surface area contributed by atoms with Gasteiger partial charge in [-0.2, -0.15) is 0 Å². The number of anilines is 1. The van der Waals surface area contributed by atoms with Gasteiger partial charge in [-0.1, -0.05) is 11.6 Å². The van der Waals surface area contributed by atoms with Crippen LogP contribution in [0.1, 0.15) is 19.9 Å². The number of nitrogens with two attached hydrogens (primary N) is 1. The van der Waals surface area contributed by atoms with Crippen molar-refractivity contribution in [3.05, 3.63) is 29.5 Å². The minimum absolute atomic E-state index is 0.292. The molecule has 0 saturated carbocycles. The van der Waals surface area contributed by atoms with Crippen LogP contribution in [0.5, 0.6) is 0 Å². The fourth-order valence-electron chi connectivity index (χ4n) is 1.55. The van der Waals surface area contributed by atoms with E-state index in [-0.39, 0.29) is 0 Å². The van der Waals surface area contributed by atoms with Gasteiger partial charge in [-0.3, -0.25) is 0 Å². The Morgan fingerprint density at radius 1 is 1.38 bits per heavy atom. The first kappa shape index (κ1) is 11.0. The molecule has 0 aliphatic carbocycles. The van der Waals surface area contributed by atoms with Crippen LogP contribution in [0.3, 0.4) is 0 Å². The normalized spacial score (nSPS) is 11.0. The van der Waals surface area contributed by atoms with Crippen molar-refractivity contribution in [3.63, 3.8) is 0 Å². The molecule has 84 valence electrons. The van der Waals surface area contributed by atoms with Crippen molar-refractivity contribution in [3.8, 4) is 11.4 Å². The van der Waals surface area contributed by atoms with E-state index in [0.29, 0.717) is 16.8 Å². The zero-order chi connectivity index (χ0) is 11.7. The summed E-state index contributed by atoms with van der Waals surface area (Å²) in [5, 5.41) is 8.62. The third-order valence-electron chi connectivity index (χ3n) is 2.38. The number of aromatic nitrogens is 3. The summed E-state index contributed by atoms with van der Waals surface area (Å²) in [6.45, 7) is 4.14. The molecule has 0 fully saturated rings. The van der Waals surface area contributed by atoms with Crippen LogP contribution in [0.2, 0.25) is 5.02 Å². The van der Waals surface area contributed by atoms with Gasteiger partial charge >= 0.3 is 0 Å². The number of hydrogen-bond donors (Lipinski definition) is 1. The quantitative estimate of drug-likeness (QED) is 0.816. The van der Waals surface area contributed by atoms with Crippen molar-refractivity contribution in [2.24, 2.45) is 0 Å². The first-order valence-corrected chi connectivity index (χ1v) is 5.42. The molecule has 0 amide bonds. The molecule has 0 bridgehead atoms. The van der Waals surface area contributed by atoms with Crippen LogP contribution in [-0.4, -0.2) is 14.8 Å². The number of benzene rings is 1. The minimum atomic E-state index is 0.292.